The summed E-state index contributed by atoms with van der Waals surface area (Å²) in [5, 5.41) is 5.81. The molecule has 0 radical (unpaired) electrons. The van der Waals surface area contributed by atoms with Crippen LogP contribution in [0.5, 0.6) is 0 Å². The third-order valence-corrected chi connectivity index (χ3v) is 4.04. The van der Waals surface area contributed by atoms with Gasteiger partial charge in [-0.05, 0) is 43.2 Å². The summed E-state index contributed by atoms with van der Waals surface area (Å²) in [6.07, 6.45) is 0.653. The zero-order valence-corrected chi connectivity index (χ0v) is 14.9. The Morgan fingerprint density at radius 1 is 1.20 bits per heavy atom. The molecule has 2 N–H and O–H groups in total. The second-order valence-electron chi connectivity index (χ2n) is 5.79. The van der Waals surface area contributed by atoms with Gasteiger partial charge >= 0.3 is 0 Å². The molecule has 25 heavy (non-hydrogen) atoms. The summed E-state index contributed by atoms with van der Waals surface area (Å²) in [5.74, 6) is -1.21. The van der Waals surface area contributed by atoms with Crippen molar-refractivity contribution in [3.05, 3.63) is 64.4 Å². The van der Waals surface area contributed by atoms with Gasteiger partial charge in [-0.3, -0.25) is 9.59 Å². The van der Waals surface area contributed by atoms with E-state index in [1.165, 1.54) is 12.1 Å². The molecule has 0 saturated carbocycles. The highest BCUT2D eigenvalue weighted by molar-refractivity contribution is 6.30. The lowest BCUT2D eigenvalue weighted by molar-refractivity contribution is -0.115. The molecule has 1 atom stereocenters. The van der Waals surface area contributed by atoms with Crippen LogP contribution in [-0.2, 0) is 11.2 Å². The van der Waals surface area contributed by atoms with Crippen LogP contribution in [0.15, 0.2) is 42.5 Å². The number of para-hydroxylation sites is 1. The SMILES string of the molecule is CCC(C)NC(=O)c1ccccc1NC(=O)Cc1ccc(Cl)cc1F. The topological polar surface area (TPSA) is 58.2 Å². The molecule has 0 heterocycles. The van der Waals surface area contributed by atoms with Crippen LogP contribution in [0.4, 0.5) is 10.1 Å². The minimum atomic E-state index is -0.537. The van der Waals surface area contributed by atoms with Crippen molar-refractivity contribution in [2.45, 2.75) is 32.7 Å². The Hall–Kier alpha value is -2.40. The number of anilines is 1. The molecule has 0 aliphatic rings. The zero-order valence-electron chi connectivity index (χ0n) is 14.1. The largest absolute Gasteiger partial charge is 0.350 e. The molecule has 0 bridgehead atoms. The maximum atomic E-state index is 13.8. The van der Waals surface area contributed by atoms with Gasteiger partial charge in [-0.1, -0.05) is 36.7 Å². The molecule has 4 nitrogen and oxygen atoms in total. The molecule has 0 spiro atoms. The van der Waals surface area contributed by atoms with Crippen molar-refractivity contribution in [3.63, 3.8) is 0 Å². The Kier molecular flexibility index (Phi) is 6.53. The highest BCUT2D eigenvalue weighted by Gasteiger charge is 2.15. The van der Waals surface area contributed by atoms with Crippen molar-refractivity contribution in [1.29, 1.82) is 0 Å². The van der Waals surface area contributed by atoms with Crippen LogP contribution in [0.2, 0.25) is 5.02 Å². The van der Waals surface area contributed by atoms with Gasteiger partial charge in [0.1, 0.15) is 5.82 Å². The Labute approximate surface area is 151 Å². The second kappa shape index (κ2) is 8.62. The monoisotopic (exact) mass is 362 g/mol. The molecule has 2 rings (SSSR count). The second-order valence-corrected chi connectivity index (χ2v) is 6.23. The highest BCUT2D eigenvalue weighted by atomic mass is 35.5. The summed E-state index contributed by atoms with van der Waals surface area (Å²) in [5.41, 5.74) is 0.999. The van der Waals surface area contributed by atoms with E-state index in [9.17, 15) is 14.0 Å². The number of hydrogen-bond donors (Lipinski definition) is 2. The first-order valence-electron chi connectivity index (χ1n) is 8.04. The summed E-state index contributed by atoms with van der Waals surface area (Å²) >= 11 is 5.71. The van der Waals surface area contributed by atoms with Crippen molar-refractivity contribution in [2.75, 3.05) is 5.32 Å². The number of rotatable bonds is 6. The van der Waals surface area contributed by atoms with Crippen LogP contribution < -0.4 is 10.6 Å². The predicted molar refractivity (Wildman–Crippen MR) is 97.4 cm³/mol. The summed E-state index contributed by atoms with van der Waals surface area (Å²) in [4.78, 5) is 24.6. The molecular formula is C19H20ClFN2O2. The number of nitrogens with one attached hydrogen (secondary N) is 2. The molecule has 0 aliphatic carbocycles. The summed E-state index contributed by atoms with van der Waals surface area (Å²) in [6, 6.07) is 10.9. The Morgan fingerprint density at radius 2 is 1.92 bits per heavy atom. The lowest BCUT2D eigenvalue weighted by Gasteiger charge is -2.14. The minimum absolute atomic E-state index is 0.0272. The van der Waals surface area contributed by atoms with Crippen molar-refractivity contribution in [1.82, 2.24) is 5.32 Å². The van der Waals surface area contributed by atoms with Crippen molar-refractivity contribution >= 4 is 29.1 Å². The molecule has 0 saturated heterocycles. The van der Waals surface area contributed by atoms with Crippen molar-refractivity contribution < 1.29 is 14.0 Å². The highest BCUT2D eigenvalue weighted by Crippen LogP contribution is 2.18. The fraction of sp³-hybridized carbons (Fsp3) is 0.263. The molecule has 1 unspecified atom stereocenters. The number of carbonyl (C=O) groups excluding carboxylic acids is 2. The van der Waals surface area contributed by atoms with Gasteiger partial charge < -0.3 is 10.6 Å². The molecule has 0 fully saturated rings. The lowest BCUT2D eigenvalue weighted by atomic mass is 10.1. The summed E-state index contributed by atoms with van der Waals surface area (Å²) in [6.45, 7) is 3.88. The van der Waals surface area contributed by atoms with Crippen LogP contribution in [0.3, 0.4) is 0 Å². The van der Waals surface area contributed by atoms with Gasteiger partial charge in [-0.2, -0.15) is 0 Å². The number of benzene rings is 2. The van der Waals surface area contributed by atoms with Crippen LogP contribution in [0.1, 0.15) is 36.2 Å². The summed E-state index contributed by atoms with van der Waals surface area (Å²) in [7, 11) is 0. The third kappa shape index (κ3) is 5.29. The third-order valence-electron chi connectivity index (χ3n) is 3.80. The number of hydrogen-bond acceptors (Lipinski definition) is 2. The van der Waals surface area contributed by atoms with Gasteiger partial charge in [0.05, 0.1) is 17.7 Å². The van der Waals surface area contributed by atoms with E-state index >= 15 is 0 Å². The first-order chi connectivity index (χ1) is 11.9. The lowest BCUT2D eigenvalue weighted by Crippen LogP contribution is -2.32. The maximum Gasteiger partial charge on any atom is 0.253 e. The molecule has 132 valence electrons. The van der Waals surface area contributed by atoms with Crippen molar-refractivity contribution in [2.24, 2.45) is 0 Å². The van der Waals surface area contributed by atoms with Crippen LogP contribution in [0, 0.1) is 5.82 Å². The van der Waals surface area contributed by atoms with Gasteiger partial charge in [0.15, 0.2) is 0 Å². The fourth-order valence-electron chi connectivity index (χ4n) is 2.23. The summed E-state index contributed by atoms with van der Waals surface area (Å²) < 4.78 is 13.8. The quantitative estimate of drug-likeness (QED) is 0.809. The maximum absolute atomic E-state index is 13.8. The first-order valence-corrected chi connectivity index (χ1v) is 8.42. The van der Waals surface area contributed by atoms with Crippen LogP contribution in [0.25, 0.3) is 0 Å². The van der Waals surface area contributed by atoms with Gasteiger partial charge in [0.25, 0.3) is 5.91 Å². The molecule has 2 aromatic carbocycles. The average molecular weight is 363 g/mol. The van der Waals surface area contributed by atoms with Crippen LogP contribution in [-0.4, -0.2) is 17.9 Å². The van der Waals surface area contributed by atoms with E-state index in [1.54, 1.807) is 24.3 Å². The van der Waals surface area contributed by atoms with E-state index in [-0.39, 0.29) is 29.0 Å². The minimum Gasteiger partial charge on any atom is -0.350 e. The van der Waals surface area contributed by atoms with Crippen molar-refractivity contribution in [3.8, 4) is 0 Å². The van der Waals surface area contributed by atoms with Gasteiger partial charge in [-0.25, -0.2) is 4.39 Å². The van der Waals surface area contributed by atoms with Crippen LogP contribution >= 0.6 is 11.6 Å². The molecule has 2 amide bonds. The smallest absolute Gasteiger partial charge is 0.253 e. The van der Waals surface area contributed by atoms with E-state index in [0.717, 1.165) is 12.5 Å². The van der Waals surface area contributed by atoms with E-state index in [4.69, 9.17) is 11.6 Å². The molecule has 0 aromatic heterocycles. The van der Waals surface area contributed by atoms with Gasteiger partial charge in [-0.15, -0.1) is 0 Å². The standard InChI is InChI=1S/C19H20ClFN2O2/c1-3-12(2)22-19(25)15-6-4-5-7-17(15)23-18(24)10-13-8-9-14(20)11-16(13)21/h4-9,11-12H,3,10H2,1-2H3,(H,22,25)(H,23,24). The molecule has 2 aromatic rings. The van der Waals surface area contributed by atoms with E-state index in [2.05, 4.69) is 10.6 Å². The van der Waals surface area contributed by atoms with E-state index < -0.39 is 11.7 Å². The molecule has 6 heteroatoms. The first kappa shape index (κ1) is 18.9. The normalized spacial score (nSPS) is 11.7. The number of amides is 2. The Bertz CT molecular complexity index is 780. The predicted octanol–water partition coefficient (Wildman–Crippen LogP) is 4.19. The van der Waals surface area contributed by atoms with Gasteiger partial charge in [0.2, 0.25) is 5.91 Å². The van der Waals surface area contributed by atoms with E-state index in [0.29, 0.717) is 11.3 Å². The Balaban J connectivity index is 2.11. The molecular weight excluding hydrogens is 343 g/mol. The number of carbonyl (C=O) groups is 2. The number of halogens is 2. The zero-order chi connectivity index (χ0) is 18.4. The van der Waals surface area contributed by atoms with E-state index in [1.807, 2.05) is 13.8 Å². The van der Waals surface area contributed by atoms with Gasteiger partial charge in [0, 0.05) is 11.1 Å². The Morgan fingerprint density at radius 3 is 2.60 bits per heavy atom. The fourth-order valence-corrected chi connectivity index (χ4v) is 2.38. The molecule has 0 aliphatic heterocycles. The average Bonchev–Trinajstić information content (AvgIpc) is 2.57.